The summed E-state index contributed by atoms with van der Waals surface area (Å²) in [6.45, 7) is 0. The third kappa shape index (κ3) is 9.27. The molecule has 0 radical (unpaired) electrons. The third-order valence-corrected chi connectivity index (χ3v) is 0. The van der Waals surface area contributed by atoms with Gasteiger partial charge in [0.05, 0.1) is 0 Å². The fourth-order valence-electron chi connectivity index (χ4n) is 0. The molecule has 0 amide bonds. The average molecular weight is 151 g/mol. The van der Waals surface area contributed by atoms with Crippen LogP contribution in [-0.2, 0) is 25.8 Å². The first-order valence-electron chi connectivity index (χ1n) is 0. The molecule has 0 atom stereocenters. The Morgan fingerprint density at radius 2 is 0.500 bits per heavy atom. The summed E-state index contributed by atoms with van der Waals surface area (Å²) in [6, 6.07) is 0. The molecule has 4 heteroatoms. The van der Waals surface area contributed by atoms with Gasteiger partial charge in [0.15, 0.2) is 0 Å². The summed E-state index contributed by atoms with van der Waals surface area (Å²) in [6.07, 6.45) is 0. The topological polar surface area (TPSA) is 0 Å². The van der Waals surface area contributed by atoms with E-state index in [1.54, 1.807) is 0 Å². The monoisotopic (exact) mass is 150 g/mol. The van der Waals surface area contributed by atoms with Crippen LogP contribution >= 0.6 is 0 Å². The van der Waals surface area contributed by atoms with Gasteiger partial charge in [-0.2, -0.15) is 0 Å². The molecule has 0 aromatic heterocycles. The molecule has 0 heterocycles. The minimum atomic E-state index is 0. The van der Waals surface area contributed by atoms with Crippen LogP contribution in [-0.4, -0.2) is 0 Å². The fraction of sp³-hybridized carbons (Fsp3) is 0. The zero-order valence-electron chi connectivity index (χ0n) is 1.71. The molecule has 0 aliphatic heterocycles. The normalized spacial score (nSPS) is 0. The van der Waals surface area contributed by atoms with Gasteiger partial charge >= 0.3 is 25.8 Å². The minimum Gasteiger partial charge on any atom is -1.00 e. The van der Waals surface area contributed by atoms with Gasteiger partial charge < -0.3 is 37.2 Å². The molecule has 0 bridgehead atoms. The molecule has 0 aromatic carbocycles. The van der Waals surface area contributed by atoms with Crippen LogP contribution in [0, 0.1) is 0 Å². The largest absolute Gasteiger partial charge is 3.00 e. The molecular formula is Cl3Sc. The van der Waals surface area contributed by atoms with Crippen molar-refractivity contribution in [1.29, 1.82) is 0 Å². The number of hydrogen-bond donors (Lipinski definition) is 0. The number of rotatable bonds is 0. The van der Waals surface area contributed by atoms with Crippen molar-refractivity contribution in [3.05, 3.63) is 0 Å². The van der Waals surface area contributed by atoms with Crippen molar-refractivity contribution in [3.8, 4) is 0 Å². The van der Waals surface area contributed by atoms with Crippen molar-refractivity contribution in [2.45, 2.75) is 0 Å². The van der Waals surface area contributed by atoms with Crippen molar-refractivity contribution in [1.82, 2.24) is 0 Å². The quantitative estimate of drug-likeness (QED) is 0.323. The maximum atomic E-state index is 0. The van der Waals surface area contributed by atoms with Gasteiger partial charge in [-0.3, -0.25) is 0 Å². The van der Waals surface area contributed by atoms with Crippen LogP contribution in [0.3, 0.4) is 0 Å². The Morgan fingerprint density at radius 1 is 0.500 bits per heavy atom. The van der Waals surface area contributed by atoms with Crippen LogP contribution in [0.2, 0.25) is 0 Å². The maximum absolute atomic E-state index is 0. The van der Waals surface area contributed by atoms with Crippen molar-refractivity contribution in [2.75, 3.05) is 0 Å². The molecule has 0 N–H and O–H groups in total. The van der Waals surface area contributed by atoms with E-state index in [1.165, 1.54) is 0 Å². The summed E-state index contributed by atoms with van der Waals surface area (Å²) in [5, 5.41) is 0. The van der Waals surface area contributed by atoms with Crippen LogP contribution in [0.1, 0.15) is 0 Å². The van der Waals surface area contributed by atoms with Gasteiger partial charge in [0, 0.05) is 0 Å². The van der Waals surface area contributed by atoms with Crippen LogP contribution in [0.15, 0.2) is 0 Å². The van der Waals surface area contributed by atoms with Gasteiger partial charge in [-0.1, -0.05) is 0 Å². The summed E-state index contributed by atoms with van der Waals surface area (Å²) in [7, 11) is 0. The summed E-state index contributed by atoms with van der Waals surface area (Å²) in [5.74, 6) is 0. The Bertz CT molecular complexity index is 3.25. The van der Waals surface area contributed by atoms with E-state index in [0.29, 0.717) is 0 Å². The van der Waals surface area contributed by atoms with E-state index in [0.717, 1.165) is 0 Å². The molecule has 0 unspecified atom stereocenters. The molecule has 0 aromatic rings. The maximum Gasteiger partial charge on any atom is 3.00 e. The van der Waals surface area contributed by atoms with Crippen LogP contribution < -0.4 is 37.2 Å². The molecule has 0 aliphatic rings. The first kappa shape index (κ1) is 42.6. The molecule has 0 rings (SSSR count). The summed E-state index contributed by atoms with van der Waals surface area (Å²) >= 11 is 0. The second kappa shape index (κ2) is 21.9. The van der Waals surface area contributed by atoms with Crippen molar-refractivity contribution in [3.63, 3.8) is 0 Å². The second-order valence-electron chi connectivity index (χ2n) is 0. The fourth-order valence-corrected chi connectivity index (χ4v) is 0. The van der Waals surface area contributed by atoms with Gasteiger partial charge in [-0.05, 0) is 0 Å². The van der Waals surface area contributed by atoms with E-state index in [-0.39, 0.29) is 63.1 Å². The van der Waals surface area contributed by atoms with Gasteiger partial charge in [0.1, 0.15) is 0 Å². The van der Waals surface area contributed by atoms with Crippen LogP contribution in [0.25, 0.3) is 0 Å². The zero-order chi connectivity index (χ0) is 0. The molecule has 0 saturated carbocycles. The molecule has 0 fully saturated rings. The predicted octanol–water partition coefficient (Wildman–Crippen LogP) is -8.99. The summed E-state index contributed by atoms with van der Waals surface area (Å²) in [5.41, 5.74) is 0. The van der Waals surface area contributed by atoms with Gasteiger partial charge in [-0.25, -0.2) is 0 Å². The molecular weight excluding hydrogens is 151 g/mol. The Hall–Kier alpha value is 1.74. The standard InChI is InChI=1S/3ClH.Sc/h3*1H;/q;;;+3/p-3. The Kier molecular flexibility index (Phi) is 233. The Labute approximate surface area is 62.7 Å². The van der Waals surface area contributed by atoms with E-state index >= 15 is 0 Å². The van der Waals surface area contributed by atoms with E-state index in [1.807, 2.05) is 0 Å². The molecule has 0 spiro atoms. The van der Waals surface area contributed by atoms with Gasteiger partial charge in [-0.15, -0.1) is 0 Å². The van der Waals surface area contributed by atoms with Crippen molar-refractivity contribution in [2.24, 2.45) is 0 Å². The first-order chi connectivity index (χ1) is 0. The van der Waals surface area contributed by atoms with E-state index in [2.05, 4.69) is 0 Å². The van der Waals surface area contributed by atoms with Gasteiger partial charge in [0.2, 0.25) is 0 Å². The molecule has 24 valence electrons. The third-order valence-electron chi connectivity index (χ3n) is 0. The van der Waals surface area contributed by atoms with Crippen molar-refractivity contribution >= 4 is 0 Å². The van der Waals surface area contributed by atoms with E-state index in [9.17, 15) is 0 Å². The molecule has 0 nitrogen and oxygen atoms in total. The van der Waals surface area contributed by atoms with E-state index < -0.39 is 0 Å². The molecule has 0 aliphatic carbocycles. The summed E-state index contributed by atoms with van der Waals surface area (Å²) in [4.78, 5) is 0. The van der Waals surface area contributed by atoms with Crippen LogP contribution in [0.5, 0.6) is 0 Å². The Morgan fingerprint density at radius 3 is 0.500 bits per heavy atom. The minimum absolute atomic E-state index is 0. The Balaban J connectivity index is 0. The SMILES string of the molecule is [Cl-].[Cl-].[Cl-].[Sc+3]. The molecule has 4 heavy (non-hydrogen) atoms. The molecule has 0 saturated heterocycles. The summed E-state index contributed by atoms with van der Waals surface area (Å²) < 4.78 is 0. The van der Waals surface area contributed by atoms with Gasteiger partial charge in [0.25, 0.3) is 0 Å². The van der Waals surface area contributed by atoms with Crippen molar-refractivity contribution < 1.29 is 63.1 Å². The number of halogens is 3. The second-order valence-corrected chi connectivity index (χ2v) is 0. The van der Waals surface area contributed by atoms with E-state index in [4.69, 9.17) is 0 Å². The van der Waals surface area contributed by atoms with Crippen LogP contribution in [0.4, 0.5) is 0 Å². The predicted molar refractivity (Wildman–Crippen MR) is 0 cm³/mol. The zero-order valence-corrected chi connectivity index (χ0v) is 5.78. The first-order valence-corrected chi connectivity index (χ1v) is 0. The number of hydrogen-bond acceptors (Lipinski definition) is 0. The smallest absolute Gasteiger partial charge is 1.00 e. The average Bonchev–Trinajstić information content (AvgIpc) is 0.